The Labute approximate surface area is 450 Å². The van der Waals surface area contributed by atoms with Crippen LogP contribution in [0.4, 0.5) is 34.1 Å². The number of aromatic nitrogens is 1. The third kappa shape index (κ3) is 8.43. The Morgan fingerprint density at radius 2 is 0.724 bits per heavy atom. The molecule has 0 N–H and O–H groups in total. The molecule has 0 amide bonds. The molecule has 10 aromatic carbocycles. The lowest BCUT2D eigenvalue weighted by Crippen LogP contribution is -2.37. The zero-order valence-corrected chi connectivity index (χ0v) is 48.3. The predicted molar refractivity (Wildman–Crippen MR) is 336 cm³/mol. The lowest BCUT2D eigenvalue weighted by molar-refractivity contribution is 0.590. The van der Waals surface area contributed by atoms with Crippen LogP contribution in [0, 0.1) is 0 Å². The van der Waals surface area contributed by atoms with Gasteiger partial charge >= 0.3 is 0 Å². The van der Waals surface area contributed by atoms with Gasteiger partial charge in [0, 0.05) is 55.1 Å². The van der Waals surface area contributed by atoms with Gasteiger partial charge in [-0.3, -0.25) is 0 Å². The van der Waals surface area contributed by atoms with Crippen molar-refractivity contribution in [3.63, 3.8) is 0 Å². The normalized spacial score (nSPS) is 12.7. The van der Waals surface area contributed by atoms with Crippen LogP contribution < -0.4 is 20.2 Å². The van der Waals surface area contributed by atoms with Crippen molar-refractivity contribution in [2.24, 2.45) is 0 Å². The molecule has 0 saturated heterocycles. The first-order chi connectivity index (χ1) is 36.2. The van der Waals surface area contributed by atoms with Gasteiger partial charge in [0.15, 0.2) is 5.58 Å². The molecule has 2 aromatic heterocycles. The summed E-state index contributed by atoms with van der Waals surface area (Å²) in [5.74, 6) is 0. The van der Waals surface area contributed by atoms with Crippen molar-refractivity contribution in [1.82, 2.24) is 4.57 Å². The molecule has 0 aliphatic heterocycles. The van der Waals surface area contributed by atoms with Crippen LogP contribution in [0.2, 0.25) is 39.3 Å². The van der Waals surface area contributed by atoms with Gasteiger partial charge in [-0.2, -0.15) is 0 Å². The molecular formula is C70H69N3OSi2. The summed E-state index contributed by atoms with van der Waals surface area (Å²) in [6.07, 6.45) is 0. The molecule has 0 atom stereocenters. The van der Waals surface area contributed by atoms with Crippen molar-refractivity contribution in [2.75, 3.05) is 9.80 Å². The van der Waals surface area contributed by atoms with E-state index < -0.39 is 16.1 Å². The highest BCUT2D eigenvalue weighted by atomic mass is 28.3. The highest BCUT2D eigenvalue weighted by Crippen LogP contribution is 2.51. The van der Waals surface area contributed by atoms with Crippen LogP contribution in [-0.2, 0) is 10.8 Å². The average molecular weight is 1020 g/mol. The molecule has 0 aliphatic rings. The summed E-state index contributed by atoms with van der Waals surface area (Å²) in [5, 5.41) is 12.3. The second-order valence-corrected chi connectivity index (χ2v) is 35.3. The smallest absolute Gasteiger partial charge is 0.159 e. The first-order valence-corrected chi connectivity index (χ1v) is 34.1. The summed E-state index contributed by atoms with van der Waals surface area (Å²) >= 11 is 0. The first kappa shape index (κ1) is 49.2. The topological polar surface area (TPSA) is 24.6 Å². The molecule has 0 aliphatic carbocycles. The fourth-order valence-electron chi connectivity index (χ4n) is 11.5. The first-order valence-electron chi connectivity index (χ1n) is 27.1. The van der Waals surface area contributed by atoms with Gasteiger partial charge < -0.3 is 18.8 Å². The maximum Gasteiger partial charge on any atom is 0.159 e. The van der Waals surface area contributed by atoms with Crippen molar-refractivity contribution in [3.05, 3.63) is 211 Å². The van der Waals surface area contributed by atoms with E-state index in [1.165, 1.54) is 53.8 Å². The molecule has 12 rings (SSSR count). The van der Waals surface area contributed by atoms with E-state index in [9.17, 15) is 0 Å². The predicted octanol–water partition coefficient (Wildman–Crippen LogP) is 19.6. The summed E-state index contributed by atoms with van der Waals surface area (Å²) in [4.78, 5) is 4.98. The number of benzene rings is 10. The molecule has 0 bridgehead atoms. The van der Waals surface area contributed by atoms with Gasteiger partial charge in [-0.15, -0.1) is 0 Å². The Kier molecular flexibility index (Phi) is 11.7. The van der Waals surface area contributed by atoms with Crippen molar-refractivity contribution in [1.29, 1.82) is 0 Å². The lowest BCUT2D eigenvalue weighted by atomic mass is 9.87. The molecule has 0 spiro atoms. The van der Waals surface area contributed by atoms with Crippen LogP contribution in [-0.4, -0.2) is 20.7 Å². The summed E-state index contributed by atoms with van der Waals surface area (Å²) in [6.45, 7) is 28.3. The number of anilines is 6. The number of fused-ring (bicyclic) bond motifs is 10. The Hall–Kier alpha value is -7.65. The molecule has 0 unspecified atom stereocenters. The van der Waals surface area contributed by atoms with E-state index in [-0.39, 0.29) is 10.8 Å². The van der Waals surface area contributed by atoms with Gasteiger partial charge in [0.2, 0.25) is 0 Å². The van der Waals surface area contributed by atoms with Crippen molar-refractivity contribution in [2.45, 2.75) is 91.7 Å². The van der Waals surface area contributed by atoms with Gasteiger partial charge in [0.1, 0.15) is 5.58 Å². The van der Waals surface area contributed by atoms with E-state index in [1.807, 2.05) is 0 Å². The highest BCUT2D eigenvalue weighted by molar-refractivity contribution is 6.89. The van der Waals surface area contributed by atoms with Gasteiger partial charge in [-0.1, -0.05) is 219 Å². The van der Waals surface area contributed by atoms with E-state index in [0.29, 0.717) is 0 Å². The number of rotatable bonds is 9. The second-order valence-electron chi connectivity index (χ2n) is 25.1. The molecule has 0 fully saturated rings. The molecule has 4 nitrogen and oxygen atoms in total. The zero-order valence-electron chi connectivity index (χ0n) is 46.3. The minimum Gasteiger partial charge on any atom is -0.454 e. The van der Waals surface area contributed by atoms with Crippen LogP contribution in [0.5, 0.6) is 0 Å². The third-order valence-electron chi connectivity index (χ3n) is 15.8. The SMILES string of the molecule is CC(C)(C)c1ccc(N(c2ccc([Si](C)(C)C)cc2)c2cc3c(c4ccccc24)c2c4ccccc4c(N(c4ccc(C(C)(C)C)cc4)c4ccc([Si](C)(C)C)cc4)cc2n3-c2cccc3c2oc2ccccc23)cc1. The molecule has 76 heavy (non-hydrogen) atoms. The third-order valence-corrected chi connectivity index (χ3v) is 19.9. The van der Waals surface area contributed by atoms with Crippen LogP contribution >= 0.6 is 0 Å². The molecule has 6 heteroatoms. The number of nitrogens with zero attached hydrogens (tertiary/aromatic N) is 3. The van der Waals surface area contributed by atoms with Crippen LogP contribution in [0.1, 0.15) is 52.7 Å². The van der Waals surface area contributed by atoms with E-state index in [4.69, 9.17) is 4.42 Å². The Bertz CT molecular complexity index is 3850. The Morgan fingerprint density at radius 3 is 1.12 bits per heavy atom. The van der Waals surface area contributed by atoms with Crippen LogP contribution in [0.15, 0.2) is 205 Å². The largest absolute Gasteiger partial charge is 0.454 e. The second kappa shape index (κ2) is 18.0. The van der Waals surface area contributed by atoms with E-state index in [1.54, 1.807) is 0 Å². The molecular weight excluding hydrogens is 955 g/mol. The Balaban J connectivity index is 1.23. The highest BCUT2D eigenvalue weighted by Gasteiger charge is 2.29. The standard InChI is InChI=1S/C70H69N3OSi2/c1-69(2,3)46-28-32-48(33-29-46)71(50-36-40-52(41-37-50)75(7,8)9)61-44-63-66(57-23-15-13-20-54(57)61)67-58-24-16-14-21-55(58)62(45-64(67)73(63)60-26-19-25-59-56-22-17-18-27-65(56)74-68(59)60)72(49-34-30-47(31-35-49)70(4,5)6)51-38-42-53(43-39-51)76(10,11)12/h13-45H,1-12H3. The van der Waals surface area contributed by atoms with E-state index >= 15 is 0 Å². The van der Waals surface area contributed by atoms with Gasteiger partial charge in [-0.25, -0.2) is 0 Å². The van der Waals surface area contributed by atoms with Crippen molar-refractivity contribution < 1.29 is 4.42 Å². The summed E-state index contributed by atoms with van der Waals surface area (Å²) < 4.78 is 9.55. The quantitative estimate of drug-likeness (QED) is 0.135. The van der Waals surface area contributed by atoms with E-state index in [0.717, 1.165) is 72.8 Å². The van der Waals surface area contributed by atoms with Crippen molar-refractivity contribution in [3.8, 4) is 5.69 Å². The summed E-state index contributed by atoms with van der Waals surface area (Å²) in [5.41, 5.74) is 14.3. The molecule has 0 radical (unpaired) electrons. The summed E-state index contributed by atoms with van der Waals surface area (Å²) in [7, 11) is -3.18. The number of furan rings is 1. The minimum atomic E-state index is -1.59. The van der Waals surface area contributed by atoms with Crippen LogP contribution in [0.25, 0.3) is 71.0 Å². The molecule has 0 saturated carbocycles. The molecule has 2 heterocycles. The maximum absolute atomic E-state index is 7.03. The van der Waals surface area contributed by atoms with Gasteiger partial charge in [0.05, 0.1) is 44.2 Å². The fraction of sp³-hybridized carbons (Fsp3) is 0.200. The van der Waals surface area contributed by atoms with Crippen LogP contribution in [0.3, 0.4) is 0 Å². The fourth-order valence-corrected chi connectivity index (χ4v) is 13.9. The monoisotopic (exact) mass is 1020 g/mol. The van der Waals surface area contributed by atoms with Gasteiger partial charge in [0.25, 0.3) is 0 Å². The molecule has 12 aromatic rings. The number of hydrogen-bond acceptors (Lipinski definition) is 3. The number of para-hydroxylation sites is 2. The maximum atomic E-state index is 7.03. The zero-order chi connectivity index (χ0) is 53.1. The molecule has 378 valence electrons. The summed E-state index contributed by atoms with van der Waals surface area (Å²) in [6, 6.07) is 75.6. The minimum absolute atomic E-state index is 0.0110. The van der Waals surface area contributed by atoms with E-state index in [2.05, 4.69) is 295 Å². The number of hydrogen-bond donors (Lipinski definition) is 0. The van der Waals surface area contributed by atoms with Gasteiger partial charge in [-0.05, 0) is 106 Å². The average Bonchev–Trinajstić information content (AvgIpc) is 3.95. The Morgan fingerprint density at radius 1 is 0.368 bits per heavy atom. The van der Waals surface area contributed by atoms with Crippen molar-refractivity contribution >= 4 is 126 Å². The lowest BCUT2D eigenvalue weighted by Gasteiger charge is -2.29.